The molecule has 119 valence electrons. The number of rotatable bonds is 4. The lowest BCUT2D eigenvalue weighted by Crippen LogP contribution is -2.36. The highest BCUT2D eigenvalue weighted by atomic mass is 19.1. The molecule has 0 fully saturated rings. The molecule has 1 aliphatic heterocycles. The van der Waals surface area contributed by atoms with E-state index in [1.807, 2.05) is 12.1 Å². The van der Waals surface area contributed by atoms with Gasteiger partial charge in [0.15, 0.2) is 0 Å². The van der Waals surface area contributed by atoms with Crippen molar-refractivity contribution < 1.29 is 14.3 Å². The lowest BCUT2D eigenvalue weighted by atomic mass is 9.94. The number of carbonyl (C=O) groups is 1. The minimum Gasteiger partial charge on any atom is -0.387 e. The molecule has 1 radical (unpaired) electrons. The maximum atomic E-state index is 14.4. The summed E-state index contributed by atoms with van der Waals surface area (Å²) in [5.74, 6) is -0.629. The Bertz CT molecular complexity index is 728. The molecule has 6 nitrogen and oxygen atoms in total. The zero-order valence-corrected chi connectivity index (χ0v) is 12.4. The van der Waals surface area contributed by atoms with Gasteiger partial charge in [0.1, 0.15) is 19.0 Å². The van der Waals surface area contributed by atoms with E-state index in [-0.39, 0.29) is 11.7 Å². The Kier molecular flexibility index (Phi) is 4.47. The van der Waals surface area contributed by atoms with Crippen molar-refractivity contribution >= 4 is 11.5 Å². The summed E-state index contributed by atoms with van der Waals surface area (Å²) in [5, 5.41) is 16.5. The minimum absolute atomic E-state index is 0.313. The summed E-state index contributed by atoms with van der Waals surface area (Å²) < 4.78 is 15.9. The van der Waals surface area contributed by atoms with Crippen LogP contribution in [0.5, 0.6) is 0 Å². The molecular weight excluding hydrogens is 299 g/mol. The maximum Gasteiger partial charge on any atom is 0.248 e. The lowest BCUT2D eigenvalue weighted by molar-refractivity contribution is -0.133. The molecule has 1 aliphatic rings. The highest BCUT2D eigenvalue weighted by Crippen LogP contribution is 2.29. The molecule has 1 aromatic carbocycles. The fraction of sp³-hybridized carbons (Fsp3) is 0.250. The summed E-state index contributed by atoms with van der Waals surface area (Å²) in [5.41, 5.74) is 2.05. The van der Waals surface area contributed by atoms with Gasteiger partial charge in [-0.05, 0) is 23.6 Å². The first-order valence-corrected chi connectivity index (χ1v) is 7.26. The first kappa shape index (κ1) is 15.4. The first-order chi connectivity index (χ1) is 11.2. The summed E-state index contributed by atoms with van der Waals surface area (Å²) in [7, 11) is 0. The summed E-state index contributed by atoms with van der Waals surface area (Å²) in [6.07, 6.45) is 5.58. The smallest absolute Gasteiger partial charge is 0.248 e. The second-order valence-electron chi connectivity index (χ2n) is 5.19. The van der Waals surface area contributed by atoms with Crippen LogP contribution in [0.25, 0.3) is 5.57 Å². The quantitative estimate of drug-likeness (QED) is 0.916. The molecule has 23 heavy (non-hydrogen) atoms. The topological polar surface area (TPSA) is 71.2 Å². The monoisotopic (exact) mass is 315 g/mol. The SMILES string of the molecule is O=C(CO)N1CC=C(c2c(F)cccc2[CH]n2ccnn2)CC1. The van der Waals surface area contributed by atoms with E-state index < -0.39 is 6.61 Å². The Hall–Kier alpha value is -2.54. The van der Waals surface area contributed by atoms with Crippen LogP contribution in [0.4, 0.5) is 4.39 Å². The number of hydrogen-bond acceptors (Lipinski definition) is 4. The predicted molar refractivity (Wildman–Crippen MR) is 81.5 cm³/mol. The third-order valence-corrected chi connectivity index (χ3v) is 3.78. The van der Waals surface area contributed by atoms with Crippen LogP contribution in [0.2, 0.25) is 0 Å². The molecule has 7 heteroatoms. The third kappa shape index (κ3) is 3.29. The lowest BCUT2D eigenvalue weighted by Gasteiger charge is -2.27. The van der Waals surface area contributed by atoms with Crippen molar-refractivity contribution in [3.63, 3.8) is 0 Å². The van der Waals surface area contributed by atoms with Gasteiger partial charge in [-0.3, -0.25) is 4.79 Å². The molecule has 2 aromatic rings. The number of aliphatic hydroxyl groups excluding tert-OH is 1. The van der Waals surface area contributed by atoms with Crippen LogP contribution in [0.1, 0.15) is 17.5 Å². The van der Waals surface area contributed by atoms with Gasteiger partial charge >= 0.3 is 0 Å². The molecule has 0 bridgehead atoms. The molecule has 0 saturated carbocycles. The minimum atomic E-state index is -0.506. The van der Waals surface area contributed by atoms with Gasteiger partial charge in [-0.2, -0.15) is 0 Å². The van der Waals surface area contributed by atoms with E-state index in [0.29, 0.717) is 30.6 Å². The molecule has 0 saturated heterocycles. The number of aliphatic hydroxyl groups is 1. The van der Waals surface area contributed by atoms with Crippen molar-refractivity contribution in [2.45, 2.75) is 6.42 Å². The van der Waals surface area contributed by atoms with Gasteiger partial charge < -0.3 is 10.0 Å². The average molecular weight is 315 g/mol. The number of hydrogen-bond donors (Lipinski definition) is 1. The van der Waals surface area contributed by atoms with Gasteiger partial charge in [-0.15, -0.1) is 5.10 Å². The molecule has 0 atom stereocenters. The van der Waals surface area contributed by atoms with E-state index >= 15 is 0 Å². The van der Waals surface area contributed by atoms with Gasteiger partial charge in [-0.1, -0.05) is 23.4 Å². The number of nitrogens with zero attached hydrogens (tertiary/aromatic N) is 4. The summed E-state index contributed by atoms with van der Waals surface area (Å²) >= 11 is 0. The summed E-state index contributed by atoms with van der Waals surface area (Å²) in [4.78, 5) is 13.1. The fourth-order valence-electron chi connectivity index (χ4n) is 2.64. The number of halogens is 1. The number of carbonyl (C=O) groups excluding carboxylic acids is 1. The Morgan fingerprint density at radius 3 is 2.96 bits per heavy atom. The molecule has 0 aliphatic carbocycles. The van der Waals surface area contributed by atoms with Crippen LogP contribution < -0.4 is 0 Å². The van der Waals surface area contributed by atoms with Crippen LogP contribution in [-0.4, -0.2) is 50.6 Å². The van der Waals surface area contributed by atoms with E-state index in [1.54, 1.807) is 29.9 Å². The molecule has 1 amide bonds. The summed E-state index contributed by atoms with van der Waals surface area (Å²) in [6, 6.07) is 4.87. The molecule has 0 unspecified atom stereocenters. The van der Waals surface area contributed by atoms with Gasteiger partial charge in [0.05, 0.1) is 6.20 Å². The van der Waals surface area contributed by atoms with Crippen molar-refractivity contribution in [2.75, 3.05) is 19.7 Å². The third-order valence-electron chi connectivity index (χ3n) is 3.78. The van der Waals surface area contributed by atoms with Gasteiger partial charge in [0.2, 0.25) is 5.91 Å². The van der Waals surface area contributed by atoms with E-state index in [9.17, 15) is 9.18 Å². The van der Waals surface area contributed by atoms with Crippen molar-refractivity contribution in [1.29, 1.82) is 0 Å². The van der Waals surface area contributed by atoms with Gasteiger partial charge in [0, 0.05) is 24.8 Å². The van der Waals surface area contributed by atoms with Crippen molar-refractivity contribution in [3.8, 4) is 0 Å². The fourth-order valence-corrected chi connectivity index (χ4v) is 2.64. The standard InChI is InChI=1S/C16H16FN4O2/c17-14-3-1-2-13(10-21-9-6-18-19-21)16(14)12-4-7-20(8-5-12)15(23)11-22/h1-4,6,9-10,22H,5,7-8,11H2. The van der Waals surface area contributed by atoms with Crippen LogP contribution >= 0.6 is 0 Å². The van der Waals surface area contributed by atoms with E-state index in [4.69, 9.17) is 5.11 Å². The van der Waals surface area contributed by atoms with E-state index in [1.165, 1.54) is 10.7 Å². The number of amides is 1. The zero-order chi connectivity index (χ0) is 16.2. The highest BCUT2D eigenvalue weighted by molar-refractivity contribution is 5.79. The Morgan fingerprint density at radius 1 is 1.43 bits per heavy atom. The van der Waals surface area contributed by atoms with Gasteiger partial charge in [-0.25, -0.2) is 9.07 Å². The van der Waals surface area contributed by atoms with Gasteiger partial charge in [0.25, 0.3) is 0 Å². The largest absolute Gasteiger partial charge is 0.387 e. The maximum absolute atomic E-state index is 14.4. The second kappa shape index (κ2) is 6.70. The van der Waals surface area contributed by atoms with E-state index in [2.05, 4.69) is 10.3 Å². The van der Waals surface area contributed by atoms with Crippen LogP contribution in [0, 0.1) is 12.4 Å². The molecule has 2 heterocycles. The Labute approximate surface area is 132 Å². The summed E-state index contributed by atoms with van der Waals surface area (Å²) in [6.45, 7) is 2.03. The Balaban J connectivity index is 1.88. The van der Waals surface area contributed by atoms with Crippen molar-refractivity contribution in [3.05, 3.63) is 60.2 Å². The molecular formula is C16H16FN4O2. The highest BCUT2D eigenvalue weighted by Gasteiger charge is 2.21. The molecule has 3 rings (SSSR count). The van der Waals surface area contributed by atoms with Crippen LogP contribution in [0.3, 0.4) is 0 Å². The molecule has 0 spiro atoms. The molecule has 1 N–H and O–H groups in total. The number of benzene rings is 1. The van der Waals surface area contributed by atoms with Crippen LogP contribution in [-0.2, 0) is 4.79 Å². The predicted octanol–water partition coefficient (Wildman–Crippen LogP) is 1.08. The number of aromatic nitrogens is 3. The second-order valence-corrected chi connectivity index (χ2v) is 5.19. The molecule has 1 aromatic heterocycles. The van der Waals surface area contributed by atoms with Crippen LogP contribution in [0.15, 0.2) is 36.7 Å². The van der Waals surface area contributed by atoms with Crippen molar-refractivity contribution in [2.24, 2.45) is 0 Å². The average Bonchev–Trinajstić information content (AvgIpc) is 3.08. The van der Waals surface area contributed by atoms with Crippen molar-refractivity contribution in [1.82, 2.24) is 19.9 Å². The normalized spacial score (nSPS) is 14.7. The Morgan fingerprint density at radius 2 is 2.30 bits per heavy atom. The van der Waals surface area contributed by atoms with E-state index in [0.717, 1.165) is 5.57 Å². The first-order valence-electron chi connectivity index (χ1n) is 7.26. The zero-order valence-electron chi connectivity index (χ0n) is 12.4.